The van der Waals surface area contributed by atoms with Gasteiger partial charge in [-0.25, -0.2) is 8.42 Å². The zero-order valence-electron chi connectivity index (χ0n) is 17.3. The van der Waals surface area contributed by atoms with Crippen LogP contribution in [-0.2, 0) is 25.1 Å². The van der Waals surface area contributed by atoms with Crippen LogP contribution in [0, 0.1) is 0 Å². The molecule has 0 spiro atoms. The smallest absolute Gasteiger partial charge is 0.237 e. The number of hydrogen-bond acceptors (Lipinski definition) is 5. The van der Waals surface area contributed by atoms with Crippen LogP contribution in [0.4, 0.5) is 0 Å². The molecule has 0 radical (unpaired) electrons. The van der Waals surface area contributed by atoms with Crippen LogP contribution < -0.4 is 0 Å². The summed E-state index contributed by atoms with van der Waals surface area (Å²) in [6.45, 7) is 7.24. The van der Waals surface area contributed by atoms with E-state index in [1.807, 2.05) is 6.07 Å². The Morgan fingerprint density at radius 3 is 2.62 bits per heavy atom. The van der Waals surface area contributed by atoms with E-state index in [0.717, 1.165) is 49.8 Å². The van der Waals surface area contributed by atoms with Crippen molar-refractivity contribution < 1.29 is 17.9 Å². The molecule has 0 N–H and O–H groups in total. The zero-order chi connectivity index (χ0) is 21.1. The molecule has 2 rings (SSSR count). The molecule has 0 aliphatic carbocycles. The molecule has 0 bridgehead atoms. The molecule has 1 aromatic carbocycles. The first-order chi connectivity index (χ1) is 13.9. The number of morpholine rings is 1. The minimum absolute atomic E-state index is 0.120. The van der Waals surface area contributed by atoms with Gasteiger partial charge in [-0.1, -0.05) is 54.2 Å². The van der Waals surface area contributed by atoms with Gasteiger partial charge < -0.3 is 9.64 Å². The van der Waals surface area contributed by atoms with Crippen molar-refractivity contribution in [2.24, 2.45) is 0 Å². The number of ether oxygens (including phenoxy) is 1. The van der Waals surface area contributed by atoms with Crippen molar-refractivity contribution in [1.82, 2.24) is 9.80 Å². The van der Waals surface area contributed by atoms with Crippen LogP contribution in [0.1, 0.15) is 38.2 Å². The Morgan fingerprint density at radius 1 is 1.17 bits per heavy atom. The summed E-state index contributed by atoms with van der Waals surface area (Å²) in [6, 6.07) is 7.21. The van der Waals surface area contributed by atoms with Gasteiger partial charge in [0.1, 0.15) is 5.75 Å². The minimum Gasteiger partial charge on any atom is -0.379 e. The van der Waals surface area contributed by atoms with Crippen LogP contribution in [0.3, 0.4) is 0 Å². The molecule has 1 aromatic rings. The van der Waals surface area contributed by atoms with Gasteiger partial charge >= 0.3 is 0 Å². The van der Waals surface area contributed by atoms with Gasteiger partial charge in [0.2, 0.25) is 5.91 Å². The van der Waals surface area contributed by atoms with Gasteiger partial charge in [0.05, 0.1) is 19.0 Å². The summed E-state index contributed by atoms with van der Waals surface area (Å²) < 4.78 is 31.4. The Kier molecular flexibility index (Phi) is 10.6. The third-order valence-corrected chi connectivity index (χ3v) is 7.00. The summed E-state index contributed by atoms with van der Waals surface area (Å²) >= 11 is 3.36. The fourth-order valence-corrected chi connectivity index (χ4v) is 5.18. The number of amides is 1. The van der Waals surface area contributed by atoms with E-state index in [1.54, 1.807) is 23.1 Å². The van der Waals surface area contributed by atoms with Crippen LogP contribution >= 0.6 is 15.9 Å². The lowest BCUT2D eigenvalue weighted by Gasteiger charge is -2.30. The quantitative estimate of drug-likeness (QED) is 0.422. The molecule has 8 heteroatoms. The second kappa shape index (κ2) is 12.7. The molecule has 1 aliphatic rings. The first-order valence-electron chi connectivity index (χ1n) is 10.4. The highest BCUT2D eigenvalue weighted by Crippen LogP contribution is 2.15. The maximum Gasteiger partial charge on any atom is 0.237 e. The molecule has 0 saturated carbocycles. The predicted molar refractivity (Wildman–Crippen MR) is 120 cm³/mol. The highest BCUT2D eigenvalue weighted by atomic mass is 79.9. The maximum absolute atomic E-state index is 12.8. The standard InChI is InChI=1S/C21H33BrN2O4S/c1-2-3-4-5-9-24(11-10-23-12-14-28-15-13-23)21(25)18-29(26,27)17-19-7-6-8-20(22)16-19/h6-8,16H,2-5,9-15,17-18H2,1H3. The normalized spacial score (nSPS) is 15.4. The molecule has 1 fully saturated rings. The second-order valence-corrected chi connectivity index (χ2v) is 10.5. The average Bonchev–Trinajstić information content (AvgIpc) is 2.67. The average molecular weight is 489 g/mol. The number of carbonyl (C=O) groups excluding carboxylic acids is 1. The lowest BCUT2D eigenvalue weighted by atomic mass is 10.2. The number of carbonyl (C=O) groups is 1. The fraction of sp³-hybridized carbons (Fsp3) is 0.667. The largest absolute Gasteiger partial charge is 0.379 e. The third kappa shape index (κ3) is 9.59. The van der Waals surface area contributed by atoms with Crippen LogP contribution in [0.25, 0.3) is 0 Å². The molecule has 1 amide bonds. The van der Waals surface area contributed by atoms with Gasteiger partial charge in [-0.2, -0.15) is 0 Å². The number of sulfone groups is 1. The van der Waals surface area contributed by atoms with E-state index < -0.39 is 15.6 Å². The zero-order valence-corrected chi connectivity index (χ0v) is 19.7. The highest BCUT2D eigenvalue weighted by molar-refractivity contribution is 9.10. The van der Waals surface area contributed by atoms with Crippen LogP contribution in [0.15, 0.2) is 28.7 Å². The predicted octanol–water partition coefficient (Wildman–Crippen LogP) is 3.11. The fourth-order valence-electron chi connectivity index (χ4n) is 3.39. The summed E-state index contributed by atoms with van der Waals surface area (Å²) in [7, 11) is -3.52. The van der Waals surface area contributed by atoms with Crippen molar-refractivity contribution in [1.29, 1.82) is 0 Å². The van der Waals surface area contributed by atoms with Gasteiger partial charge in [0, 0.05) is 37.2 Å². The SMILES string of the molecule is CCCCCCN(CCN1CCOCC1)C(=O)CS(=O)(=O)Cc1cccc(Br)c1. The monoisotopic (exact) mass is 488 g/mol. The third-order valence-electron chi connectivity index (χ3n) is 5.04. The van der Waals surface area contributed by atoms with Crippen molar-refractivity contribution >= 4 is 31.7 Å². The van der Waals surface area contributed by atoms with Crippen molar-refractivity contribution in [3.63, 3.8) is 0 Å². The van der Waals surface area contributed by atoms with Crippen LogP contribution in [0.2, 0.25) is 0 Å². The van der Waals surface area contributed by atoms with Gasteiger partial charge in [0.25, 0.3) is 0 Å². The van der Waals surface area contributed by atoms with Crippen molar-refractivity contribution in [3.05, 3.63) is 34.3 Å². The first kappa shape index (κ1) is 24.3. The second-order valence-electron chi connectivity index (χ2n) is 7.56. The number of hydrogen-bond donors (Lipinski definition) is 0. The topological polar surface area (TPSA) is 66.9 Å². The summed E-state index contributed by atoms with van der Waals surface area (Å²) in [5.74, 6) is -0.841. The van der Waals surface area contributed by atoms with E-state index in [1.165, 1.54) is 0 Å². The lowest BCUT2D eigenvalue weighted by Crippen LogP contribution is -2.44. The van der Waals surface area contributed by atoms with Crippen LogP contribution in [0.5, 0.6) is 0 Å². The number of benzene rings is 1. The number of rotatable bonds is 12. The molecular weight excluding hydrogens is 456 g/mol. The summed E-state index contributed by atoms with van der Waals surface area (Å²) in [4.78, 5) is 16.9. The lowest BCUT2D eigenvalue weighted by molar-refractivity contribution is -0.128. The van der Waals surface area contributed by atoms with E-state index in [0.29, 0.717) is 31.9 Å². The van der Waals surface area contributed by atoms with Gasteiger partial charge in [0.15, 0.2) is 9.84 Å². The van der Waals surface area contributed by atoms with Crippen molar-refractivity contribution in [3.8, 4) is 0 Å². The highest BCUT2D eigenvalue weighted by Gasteiger charge is 2.23. The number of halogens is 1. The molecule has 0 unspecified atom stereocenters. The van der Waals surface area contributed by atoms with Crippen molar-refractivity contribution in [2.45, 2.75) is 38.4 Å². The Hall–Kier alpha value is -0.960. The van der Waals surface area contributed by atoms with E-state index in [-0.39, 0.29) is 11.7 Å². The molecule has 0 atom stereocenters. The number of nitrogens with zero attached hydrogens (tertiary/aromatic N) is 2. The first-order valence-corrected chi connectivity index (χ1v) is 13.0. The van der Waals surface area contributed by atoms with Gasteiger partial charge in [-0.3, -0.25) is 9.69 Å². The van der Waals surface area contributed by atoms with E-state index >= 15 is 0 Å². The Bertz CT molecular complexity index is 736. The minimum atomic E-state index is -3.52. The molecule has 29 heavy (non-hydrogen) atoms. The summed E-state index contributed by atoms with van der Waals surface area (Å²) in [5.41, 5.74) is 0.690. The Balaban J connectivity index is 1.94. The maximum atomic E-state index is 12.8. The molecular formula is C21H33BrN2O4S. The van der Waals surface area contributed by atoms with E-state index in [9.17, 15) is 13.2 Å². The Morgan fingerprint density at radius 2 is 1.93 bits per heavy atom. The van der Waals surface area contributed by atoms with Gasteiger partial charge in [-0.05, 0) is 24.1 Å². The molecule has 1 heterocycles. The molecule has 6 nitrogen and oxygen atoms in total. The summed E-state index contributed by atoms with van der Waals surface area (Å²) in [6.07, 6.45) is 4.23. The molecule has 1 saturated heterocycles. The van der Waals surface area contributed by atoms with E-state index in [2.05, 4.69) is 27.8 Å². The van der Waals surface area contributed by atoms with E-state index in [4.69, 9.17) is 4.74 Å². The van der Waals surface area contributed by atoms with Crippen LogP contribution in [-0.4, -0.2) is 75.8 Å². The van der Waals surface area contributed by atoms with Gasteiger partial charge in [-0.15, -0.1) is 0 Å². The molecule has 0 aromatic heterocycles. The number of unbranched alkanes of at least 4 members (excludes halogenated alkanes) is 3. The summed E-state index contributed by atoms with van der Waals surface area (Å²) in [5, 5.41) is 0. The van der Waals surface area contributed by atoms with Crippen molar-refractivity contribution in [2.75, 3.05) is 51.7 Å². The Labute approximate surface area is 183 Å². The molecule has 1 aliphatic heterocycles. The molecule has 164 valence electrons.